The Kier molecular flexibility index (Phi) is 5.76. The summed E-state index contributed by atoms with van der Waals surface area (Å²) in [5.41, 5.74) is 2.39. The van der Waals surface area contributed by atoms with Crippen LogP contribution in [0.4, 0.5) is 0 Å². The van der Waals surface area contributed by atoms with Gasteiger partial charge in [0.2, 0.25) is 9.84 Å². The molecule has 1 fully saturated rings. The molecule has 4 rings (SSSR count). The first-order valence-corrected chi connectivity index (χ1v) is 11.2. The van der Waals surface area contributed by atoms with Crippen molar-refractivity contribution in [2.24, 2.45) is 0 Å². The number of ether oxygens (including phenoxy) is 1. The van der Waals surface area contributed by atoms with Crippen LogP contribution in [0, 0.1) is 0 Å². The van der Waals surface area contributed by atoms with Crippen molar-refractivity contribution in [3.8, 4) is 0 Å². The van der Waals surface area contributed by atoms with E-state index in [4.69, 9.17) is 4.74 Å². The number of morpholine rings is 1. The SMILES string of the molecule is O=S(=O)(c1ccccc1)c1ccc(CN2CCO[C@@H](C3=CCCC=C3)C2)cc1. The molecular weight excluding hydrogens is 370 g/mol. The Labute approximate surface area is 167 Å². The summed E-state index contributed by atoms with van der Waals surface area (Å²) in [6.45, 7) is 3.26. The summed E-state index contributed by atoms with van der Waals surface area (Å²) in [6, 6.07) is 15.8. The molecule has 2 aliphatic rings. The summed E-state index contributed by atoms with van der Waals surface area (Å²) >= 11 is 0. The Morgan fingerprint density at radius 1 is 0.964 bits per heavy atom. The van der Waals surface area contributed by atoms with E-state index >= 15 is 0 Å². The lowest BCUT2D eigenvalue weighted by atomic mass is 10.0. The van der Waals surface area contributed by atoms with Gasteiger partial charge in [-0.25, -0.2) is 8.42 Å². The van der Waals surface area contributed by atoms with Gasteiger partial charge in [0.15, 0.2) is 0 Å². The van der Waals surface area contributed by atoms with E-state index in [2.05, 4.69) is 23.1 Å². The second kappa shape index (κ2) is 8.43. The second-order valence-corrected chi connectivity index (χ2v) is 9.19. The summed E-state index contributed by atoms with van der Waals surface area (Å²) in [5, 5.41) is 0. The zero-order valence-electron chi connectivity index (χ0n) is 15.8. The van der Waals surface area contributed by atoms with Gasteiger partial charge in [0, 0.05) is 19.6 Å². The molecule has 1 saturated heterocycles. The van der Waals surface area contributed by atoms with Gasteiger partial charge in [-0.2, -0.15) is 0 Å². The van der Waals surface area contributed by atoms with Gasteiger partial charge in [0.1, 0.15) is 0 Å². The number of hydrogen-bond acceptors (Lipinski definition) is 4. The molecular formula is C23H25NO3S. The summed E-state index contributed by atoms with van der Waals surface area (Å²) in [5.74, 6) is 0. The van der Waals surface area contributed by atoms with Crippen LogP contribution in [0.25, 0.3) is 0 Å². The molecule has 1 atom stereocenters. The van der Waals surface area contributed by atoms with Crippen LogP contribution in [-0.4, -0.2) is 39.1 Å². The first-order valence-electron chi connectivity index (χ1n) is 9.72. The lowest BCUT2D eigenvalue weighted by Gasteiger charge is -2.34. The quantitative estimate of drug-likeness (QED) is 0.768. The highest BCUT2D eigenvalue weighted by molar-refractivity contribution is 7.91. The van der Waals surface area contributed by atoms with Crippen molar-refractivity contribution in [2.75, 3.05) is 19.7 Å². The van der Waals surface area contributed by atoms with Gasteiger partial charge >= 0.3 is 0 Å². The molecule has 0 N–H and O–H groups in total. The van der Waals surface area contributed by atoms with E-state index in [1.165, 1.54) is 5.57 Å². The standard InChI is InChI=1S/C23H25NO3S/c25-28(26,21-9-5-2-6-10-21)22-13-11-19(12-14-22)17-24-15-16-27-23(18-24)20-7-3-1-4-8-20/h2-3,5-14,23H,1,4,15-18H2/t23-/m1/s1. The molecule has 0 unspecified atom stereocenters. The molecule has 2 aromatic rings. The predicted octanol–water partition coefficient (Wildman–Crippen LogP) is 4.00. The van der Waals surface area contributed by atoms with Crippen molar-refractivity contribution < 1.29 is 13.2 Å². The lowest BCUT2D eigenvalue weighted by molar-refractivity contribution is -0.0108. The average molecular weight is 396 g/mol. The maximum atomic E-state index is 12.7. The lowest BCUT2D eigenvalue weighted by Crippen LogP contribution is -2.42. The number of allylic oxidation sites excluding steroid dienone is 2. The fraction of sp³-hybridized carbons (Fsp3) is 0.304. The Morgan fingerprint density at radius 2 is 1.71 bits per heavy atom. The highest BCUT2D eigenvalue weighted by Gasteiger charge is 2.23. The van der Waals surface area contributed by atoms with Gasteiger partial charge in [-0.3, -0.25) is 4.90 Å². The normalized spacial score (nSPS) is 20.7. The van der Waals surface area contributed by atoms with E-state index in [1.807, 2.05) is 18.2 Å². The minimum absolute atomic E-state index is 0.128. The first-order chi connectivity index (χ1) is 13.6. The average Bonchev–Trinajstić information content (AvgIpc) is 2.76. The van der Waals surface area contributed by atoms with Gasteiger partial charge in [0.25, 0.3) is 0 Å². The van der Waals surface area contributed by atoms with Crippen LogP contribution >= 0.6 is 0 Å². The van der Waals surface area contributed by atoms with Gasteiger partial charge < -0.3 is 4.74 Å². The van der Waals surface area contributed by atoms with Gasteiger partial charge in [-0.15, -0.1) is 0 Å². The Balaban J connectivity index is 1.43. The number of hydrogen-bond donors (Lipinski definition) is 0. The monoisotopic (exact) mass is 395 g/mol. The van der Waals surface area contributed by atoms with Crippen LogP contribution in [-0.2, 0) is 21.1 Å². The topological polar surface area (TPSA) is 46.6 Å². The summed E-state index contributed by atoms with van der Waals surface area (Å²) in [4.78, 5) is 3.03. The largest absolute Gasteiger partial charge is 0.371 e. The summed E-state index contributed by atoms with van der Waals surface area (Å²) < 4.78 is 31.4. The van der Waals surface area contributed by atoms with E-state index in [1.54, 1.807) is 36.4 Å². The van der Waals surface area contributed by atoms with Crippen LogP contribution in [0.3, 0.4) is 0 Å². The van der Waals surface area contributed by atoms with Crippen LogP contribution in [0.15, 0.2) is 88.2 Å². The van der Waals surface area contributed by atoms with Crippen molar-refractivity contribution in [1.82, 2.24) is 4.90 Å². The number of rotatable bonds is 5. The highest BCUT2D eigenvalue weighted by atomic mass is 32.2. The second-order valence-electron chi connectivity index (χ2n) is 7.24. The molecule has 5 heteroatoms. The smallest absolute Gasteiger partial charge is 0.206 e. The van der Waals surface area contributed by atoms with Crippen LogP contribution in [0.5, 0.6) is 0 Å². The minimum atomic E-state index is -3.46. The number of benzene rings is 2. The number of sulfone groups is 1. The third-order valence-electron chi connectivity index (χ3n) is 5.24. The van der Waals surface area contributed by atoms with Crippen molar-refractivity contribution in [1.29, 1.82) is 0 Å². The van der Waals surface area contributed by atoms with Crippen LogP contribution < -0.4 is 0 Å². The fourth-order valence-electron chi connectivity index (χ4n) is 3.69. The van der Waals surface area contributed by atoms with Gasteiger partial charge in [0.05, 0.1) is 22.5 Å². The molecule has 1 heterocycles. The number of nitrogens with zero attached hydrogens (tertiary/aromatic N) is 1. The molecule has 0 spiro atoms. The minimum Gasteiger partial charge on any atom is -0.371 e. The third-order valence-corrected chi connectivity index (χ3v) is 7.02. The van der Waals surface area contributed by atoms with Gasteiger partial charge in [-0.1, -0.05) is 48.6 Å². The highest BCUT2D eigenvalue weighted by Crippen LogP contribution is 2.23. The summed E-state index contributed by atoms with van der Waals surface area (Å²) in [7, 11) is -3.46. The van der Waals surface area contributed by atoms with Crippen molar-refractivity contribution in [3.63, 3.8) is 0 Å². The van der Waals surface area contributed by atoms with Crippen molar-refractivity contribution in [2.45, 2.75) is 35.3 Å². The molecule has 146 valence electrons. The van der Waals surface area contributed by atoms with E-state index < -0.39 is 9.84 Å². The zero-order valence-corrected chi connectivity index (χ0v) is 16.6. The van der Waals surface area contributed by atoms with Crippen molar-refractivity contribution in [3.05, 3.63) is 84.0 Å². The Bertz CT molecular complexity index is 963. The molecule has 28 heavy (non-hydrogen) atoms. The zero-order chi connectivity index (χ0) is 19.4. The maximum absolute atomic E-state index is 12.7. The third kappa shape index (κ3) is 4.27. The summed E-state index contributed by atoms with van der Waals surface area (Å²) in [6.07, 6.45) is 8.99. The maximum Gasteiger partial charge on any atom is 0.206 e. The Morgan fingerprint density at radius 3 is 2.43 bits per heavy atom. The molecule has 1 aliphatic carbocycles. The predicted molar refractivity (Wildman–Crippen MR) is 110 cm³/mol. The molecule has 0 amide bonds. The molecule has 2 aromatic carbocycles. The van der Waals surface area contributed by atoms with E-state index in [9.17, 15) is 8.42 Å². The van der Waals surface area contributed by atoms with Crippen LogP contribution in [0.1, 0.15) is 18.4 Å². The van der Waals surface area contributed by atoms with Crippen molar-refractivity contribution >= 4 is 9.84 Å². The first kappa shape index (κ1) is 19.1. The molecule has 0 saturated carbocycles. The van der Waals surface area contributed by atoms with E-state index in [0.717, 1.165) is 44.6 Å². The van der Waals surface area contributed by atoms with Crippen LogP contribution in [0.2, 0.25) is 0 Å². The molecule has 0 radical (unpaired) electrons. The molecule has 0 bridgehead atoms. The Hall–Kier alpha value is -2.21. The molecule has 4 nitrogen and oxygen atoms in total. The van der Waals surface area contributed by atoms with E-state index in [0.29, 0.717) is 9.79 Å². The molecule has 0 aromatic heterocycles. The molecule has 1 aliphatic heterocycles. The van der Waals surface area contributed by atoms with E-state index in [-0.39, 0.29) is 6.10 Å². The van der Waals surface area contributed by atoms with Gasteiger partial charge in [-0.05, 0) is 48.2 Å². The fourth-order valence-corrected chi connectivity index (χ4v) is 4.97.